The highest BCUT2D eigenvalue weighted by atomic mass is 35.5. The Morgan fingerprint density at radius 3 is 2.29 bits per heavy atom. The molecule has 17 heavy (non-hydrogen) atoms. The van der Waals surface area contributed by atoms with E-state index in [1.807, 2.05) is 37.3 Å². The first-order chi connectivity index (χ1) is 8.19. The van der Waals surface area contributed by atoms with Crippen molar-refractivity contribution in [3.8, 4) is 0 Å². The van der Waals surface area contributed by atoms with Crippen molar-refractivity contribution < 1.29 is 5.11 Å². The van der Waals surface area contributed by atoms with Gasteiger partial charge in [0.05, 0.1) is 11.2 Å². The van der Waals surface area contributed by atoms with E-state index in [9.17, 15) is 5.11 Å². The minimum atomic E-state index is -0.169. The van der Waals surface area contributed by atoms with Gasteiger partial charge in [-0.15, -0.1) is 0 Å². The van der Waals surface area contributed by atoms with Gasteiger partial charge in [-0.25, -0.2) is 0 Å². The Kier molecular flexibility index (Phi) is 3.78. The van der Waals surface area contributed by atoms with Crippen molar-refractivity contribution in [2.75, 3.05) is 0 Å². The van der Waals surface area contributed by atoms with Crippen molar-refractivity contribution in [3.63, 3.8) is 0 Å². The predicted molar refractivity (Wildman–Crippen MR) is 72.6 cm³/mol. The van der Waals surface area contributed by atoms with E-state index in [0.29, 0.717) is 5.76 Å². The van der Waals surface area contributed by atoms with E-state index in [-0.39, 0.29) is 5.41 Å². The molecule has 0 saturated heterocycles. The lowest BCUT2D eigenvalue weighted by molar-refractivity contribution is 0.231. The van der Waals surface area contributed by atoms with Crippen molar-refractivity contribution in [3.05, 3.63) is 46.7 Å². The van der Waals surface area contributed by atoms with Gasteiger partial charge in [-0.2, -0.15) is 0 Å². The van der Waals surface area contributed by atoms with Crippen LogP contribution in [0.15, 0.2) is 36.1 Å². The van der Waals surface area contributed by atoms with Crippen LogP contribution in [0.4, 0.5) is 0 Å². The Hall–Kier alpha value is -0.950. The van der Waals surface area contributed by atoms with Crippen LogP contribution in [0.2, 0.25) is 5.02 Å². The van der Waals surface area contributed by atoms with Gasteiger partial charge >= 0.3 is 0 Å². The molecular weight excluding hydrogens is 232 g/mol. The van der Waals surface area contributed by atoms with Gasteiger partial charge in [-0.3, -0.25) is 0 Å². The summed E-state index contributed by atoms with van der Waals surface area (Å²) in [4.78, 5) is 0. The van der Waals surface area contributed by atoms with Gasteiger partial charge in [0.25, 0.3) is 0 Å². The fourth-order valence-corrected chi connectivity index (χ4v) is 3.02. The van der Waals surface area contributed by atoms with E-state index in [1.165, 1.54) is 24.8 Å². The average Bonchev–Trinajstić information content (AvgIpc) is 2.39. The largest absolute Gasteiger partial charge is 0.512 e. The van der Waals surface area contributed by atoms with E-state index in [4.69, 9.17) is 11.6 Å². The molecule has 0 amide bonds. The molecule has 1 fully saturated rings. The number of rotatable bonds is 2. The van der Waals surface area contributed by atoms with Crippen LogP contribution in [0.25, 0.3) is 0 Å². The van der Waals surface area contributed by atoms with Gasteiger partial charge in [-0.1, -0.05) is 43.0 Å². The molecule has 1 aromatic rings. The van der Waals surface area contributed by atoms with E-state index in [1.54, 1.807) is 0 Å². The molecule has 2 rings (SSSR count). The molecule has 1 nitrogen and oxygen atoms in total. The van der Waals surface area contributed by atoms with Crippen LogP contribution >= 0.6 is 11.6 Å². The Labute approximate surface area is 108 Å². The summed E-state index contributed by atoms with van der Waals surface area (Å²) in [5, 5.41) is 11.0. The molecule has 0 unspecified atom stereocenters. The van der Waals surface area contributed by atoms with Crippen molar-refractivity contribution >= 4 is 11.6 Å². The molecule has 1 aliphatic carbocycles. The number of hydrogen-bond donors (Lipinski definition) is 1. The average molecular weight is 251 g/mol. The third kappa shape index (κ3) is 2.35. The van der Waals surface area contributed by atoms with Crippen molar-refractivity contribution in [2.24, 2.45) is 0 Å². The van der Waals surface area contributed by atoms with Gasteiger partial charge in [0, 0.05) is 5.02 Å². The van der Waals surface area contributed by atoms with Crippen LogP contribution in [0, 0.1) is 0 Å². The Morgan fingerprint density at radius 1 is 1.18 bits per heavy atom. The van der Waals surface area contributed by atoms with Gasteiger partial charge in [0.1, 0.15) is 0 Å². The van der Waals surface area contributed by atoms with Crippen molar-refractivity contribution in [2.45, 2.75) is 44.4 Å². The Balaban J connectivity index is 2.42. The highest BCUT2D eigenvalue weighted by Gasteiger charge is 2.37. The van der Waals surface area contributed by atoms with Crippen LogP contribution in [-0.4, -0.2) is 5.11 Å². The molecule has 0 aliphatic heterocycles. The summed E-state index contributed by atoms with van der Waals surface area (Å²) in [6.07, 6.45) is 7.53. The first-order valence-electron chi connectivity index (χ1n) is 6.31. The molecule has 1 saturated carbocycles. The lowest BCUT2D eigenvalue weighted by Gasteiger charge is -2.37. The maximum atomic E-state index is 10.3. The Morgan fingerprint density at radius 2 is 1.76 bits per heavy atom. The van der Waals surface area contributed by atoms with Crippen LogP contribution in [0.5, 0.6) is 0 Å². The van der Waals surface area contributed by atoms with Crippen LogP contribution < -0.4 is 0 Å². The minimum absolute atomic E-state index is 0.169. The smallest absolute Gasteiger partial charge is 0.0985 e. The second kappa shape index (κ2) is 5.14. The molecule has 0 aromatic heterocycles. The number of aliphatic hydroxyl groups is 1. The lowest BCUT2D eigenvalue weighted by atomic mass is 9.68. The minimum Gasteiger partial charge on any atom is -0.512 e. The zero-order valence-electron chi connectivity index (χ0n) is 10.2. The summed E-state index contributed by atoms with van der Waals surface area (Å²) in [6.45, 7) is 1.90. The fraction of sp³-hybridized carbons (Fsp3) is 0.467. The number of benzene rings is 1. The predicted octanol–water partition coefficient (Wildman–Crippen LogP) is 5.00. The van der Waals surface area contributed by atoms with E-state index < -0.39 is 0 Å². The molecule has 1 aromatic carbocycles. The quantitative estimate of drug-likeness (QED) is 0.732. The SMILES string of the molecule is CC=C(O)C1(c2ccc(Cl)cc2)CCCCC1. The summed E-state index contributed by atoms with van der Waals surface area (Å²) < 4.78 is 0. The van der Waals surface area contributed by atoms with Gasteiger partial charge in [0.2, 0.25) is 0 Å². The number of hydrogen-bond acceptors (Lipinski definition) is 1. The lowest BCUT2D eigenvalue weighted by Crippen LogP contribution is -2.31. The molecule has 2 heteroatoms. The third-order valence-electron chi connectivity index (χ3n) is 3.87. The molecule has 0 atom stereocenters. The van der Waals surface area contributed by atoms with Crippen LogP contribution in [0.1, 0.15) is 44.6 Å². The molecule has 0 radical (unpaired) electrons. The van der Waals surface area contributed by atoms with Crippen LogP contribution in [-0.2, 0) is 5.41 Å². The summed E-state index contributed by atoms with van der Waals surface area (Å²) in [5.74, 6) is 0.513. The maximum absolute atomic E-state index is 10.3. The maximum Gasteiger partial charge on any atom is 0.0985 e. The topological polar surface area (TPSA) is 20.2 Å². The van der Waals surface area contributed by atoms with Gasteiger partial charge in [0.15, 0.2) is 0 Å². The second-order valence-electron chi connectivity index (χ2n) is 4.82. The third-order valence-corrected chi connectivity index (χ3v) is 4.12. The number of aliphatic hydroxyl groups excluding tert-OH is 1. The first-order valence-corrected chi connectivity index (χ1v) is 6.69. The molecular formula is C15H19ClO. The summed E-state index contributed by atoms with van der Waals surface area (Å²) in [7, 11) is 0. The summed E-state index contributed by atoms with van der Waals surface area (Å²) in [6, 6.07) is 7.92. The normalized spacial score (nSPS) is 20.2. The van der Waals surface area contributed by atoms with Gasteiger partial charge < -0.3 is 5.11 Å². The zero-order valence-corrected chi connectivity index (χ0v) is 11.0. The van der Waals surface area contributed by atoms with Crippen LogP contribution in [0.3, 0.4) is 0 Å². The van der Waals surface area contributed by atoms with Crippen molar-refractivity contribution in [1.82, 2.24) is 0 Å². The number of allylic oxidation sites excluding steroid dienone is 2. The van der Waals surface area contributed by atoms with E-state index in [0.717, 1.165) is 17.9 Å². The molecule has 0 heterocycles. The summed E-state index contributed by atoms with van der Waals surface area (Å²) in [5.41, 5.74) is 1.02. The summed E-state index contributed by atoms with van der Waals surface area (Å²) >= 11 is 5.93. The van der Waals surface area contributed by atoms with E-state index >= 15 is 0 Å². The molecule has 0 spiro atoms. The van der Waals surface area contributed by atoms with Gasteiger partial charge in [-0.05, 0) is 43.5 Å². The first kappa shape index (κ1) is 12.5. The molecule has 0 bridgehead atoms. The van der Waals surface area contributed by atoms with E-state index in [2.05, 4.69) is 0 Å². The highest BCUT2D eigenvalue weighted by molar-refractivity contribution is 6.30. The zero-order chi connectivity index (χ0) is 12.3. The molecule has 1 aliphatic rings. The van der Waals surface area contributed by atoms with Crippen molar-refractivity contribution in [1.29, 1.82) is 0 Å². The highest BCUT2D eigenvalue weighted by Crippen LogP contribution is 2.44. The fourth-order valence-electron chi connectivity index (χ4n) is 2.89. The Bertz CT molecular complexity index is 399. The second-order valence-corrected chi connectivity index (χ2v) is 5.26. The number of halogens is 1. The standard InChI is InChI=1S/C15H19ClO/c1-2-14(17)15(10-4-3-5-11-15)12-6-8-13(16)9-7-12/h2,6-9,17H,3-5,10-11H2,1H3. The molecule has 1 N–H and O–H groups in total. The monoisotopic (exact) mass is 250 g/mol. The molecule has 92 valence electrons.